The molecule has 110 valence electrons. The highest BCUT2D eigenvalue weighted by atomic mass is 16.5. The van der Waals surface area contributed by atoms with Crippen molar-refractivity contribution < 1.29 is 13.9 Å². The first-order chi connectivity index (χ1) is 11.2. The van der Waals surface area contributed by atoms with Crippen LogP contribution in [0.25, 0.3) is 17.4 Å². The third kappa shape index (κ3) is 3.88. The number of allylic oxidation sites excluding steroid dienone is 1. The number of hydrogen-bond acceptors (Lipinski definition) is 5. The third-order valence-electron chi connectivity index (χ3n) is 2.85. The van der Waals surface area contributed by atoms with E-state index in [1.807, 2.05) is 0 Å². The Morgan fingerprint density at radius 1 is 1.17 bits per heavy atom. The van der Waals surface area contributed by atoms with Crippen LogP contribution in [-0.2, 0) is 4.74 Å². The Labute approximate surface area is 133 Å². The van der Waals surface area contributed by atoms with Gasteiger partial charge in [0.15, 0.2) is 6.61 Å². The van der Waals surface area contributed by atoms with Crippen LogP contribution in [0.5, 0.6) is 0 Å². The van der Waals surface area contributed by atoms with E-state index in [9.17, 15) is 4.79 Å². The average Bonchev–Trinajstić information content (AvgIpc) is 3.06. The summed E-state index contributed by atoms with van der Waals surface area (Å²) in [6.07, 6.45) is 6.38. The number of hydrogen-bond donors (Lipinski definition) is 0. The predicted molar refractivity (Wildman–Crippen MR) is 82.5 cm³/mol. The molecule has 0 saturated heterocycles. The van der Waals surface area contributed by atoms with Gasteiger partial charge in [-0.2, -0.15) is 10.5 Å². The van der Waals surface area contributed by atoms with E-state index < -0.39 is 5.97 Å². The highest BCUT2D eigenvalue weighted by Crippen LogP contribution is 2.24. The van der Waals surface area contributed by atoms with Gasteiger partial charge in [0.25, 0.3) is 0 Å². The van der Waals surface area contributed by atoms with Gasteiger partial charge in [-0.3, -0.25) is 0 Å². The molecule has 0 aliphatic rings. The first-order valence-corrected chi connectivity index (χ1v) is 6.50. The van der Waals surface area contributed by atoms with Gasteiger partial charge in [0, 0.05) is 11.6 Å². The first kappa shape index (κ1) is 15.6. The largest absolute Gasteiger partial charge is 0.457 e. The minimum atomic E-state index is -0.495. The number of furan rings is 1. The SMILES string of the molecule is C#CCOC(=O)c1ccc(-c2ccc(C=C(C#N)C#N)o2)cc1. The molecular weight excluding hydrogens is 292 g/mol. The first-order valence-electron chi connectivity index (χ1n) is 6.50. The maximum atomic E-state index is 11.6. The highest BCUT2D eigenvalue weighted by molar-refractivity contribution is 5.90. The van der Waals surface area contributed by atoms with Gasteiger partial charge in [-0.1, -0.05) is 18.1 Å². The van der Waals surface area contributed by atoms with Crippen molar-refractivity contribution in [1.82, 2.24) is 0 Å². The van der Waals surface area contributed by atoms with Crippen molar-refractivity contribution in [2.45, 2.75) is 0 Å². The monoisotopic (exact) mass is 302 g/mol. The molecule has 0 fully saturated rings. The van der Waals surface area contributed by atoms with Crippen LogP contribution in [0.2, 0.25) is 0 Å². The van der Waals surface area contributed by atoms with Crippen LogP contribution in [0.4, 0.5) is 0 Å². The zero-order valence-corrected chi connectivity index (χ0v) is 11.9. The molecule has 5 heteroatoms. The van der Waals surface area contributed by atoms with Gasteiger partial charge in [0.05, 0.1) is 5.56 Å². The third-order valence-corrected chi connectivity index (χ3v) is 2.85. The van der Waals surface area contributed by atoms with Crippen LogP contribution in [0.3, 0.4) is 0 Å². The second kappa shape index (κ2) is 7.31. The summed E-state index contributed by atoms with van der Waals surface area (Å²) in [5, 5.41) is 17.4. The van der Waals surface area contributed by atoms with Crippen molar-refractivity contribution in [3.63, 3.8) is 0 Å². The smallest absolute Gasteiger partial charge is 0.339 e. The Bertz CT molecular complexity index is 853. The van der Waals surface area contributed by atoms with E-state index in [-0.39, 0.29) is 12.2 Å². The lowest BCUT2D eigenvalue weighted by molar-refractivity contribution is 0.0557. The average molecular weight is 302 g/mol. The van der Waals surface area contributed by atoms with Crippen molar-refractivity contribution in [3.05, 3.63) is 53.3 Å². The van der Waals surface area contributed by atoms with Crippen molar-refractivity contribution in [3.8, 4) is 35.8 Å². The normalized spacial score (nSPS) is 9.09. The molecule has 0 saturated carbocycles. The van der Waals surface area contributed by atoms with Gasteiger partial charge in [0.2, 0.25) is 0 Å². The Hall–Kier alpha value is -3.75. The molecule has 23 heavy (non-hydrogen) atoms. The summed E-state index contributed by atoms with van der Waals surface area (Å²) < 4.78 is 10.4. The summed E-state index contributed by atoms with van der Waals surface area (Å²) in [5.74, 6) is 2.68. The summed E-state index contributed by atoms with van der Waals surface area (Å²) >= 11 is 0. The van der Waals surface area contributed by atoms with E-state index in [0.717, 1.165) is 5.56 Å². The Kier molecular flexibility index (Phi) is 4.97. The fraction of sp³-hybridized carbons (Fsp3) is 0.0556. The molecule has 0 spiro atoms. The number of terminal acetylenes is 1. The quantitative estimate of drug-likeness (QED) is 0.492. The lowest BCUT2D eigenvalue weighted by Crippen LogP contribution is -2.04. The molecule has 0 unspecified atom stereocenters. The molecule has 0 radical (unpaired) electrons. The van der Waals surface area contributed by atoms with Gasteiger partial charge >= 0.3 is 5.97 Å². The van der Waals surface area contributed by atoms with Crippen LogP contribution >= 0.6 is 0 Å². The molecule has 2 aromatic rings. The van der Waals surface area contributed by atoms with Crippen molar-refractivity contribution in [2.75, 3.05) is 6.61 Å². The van der Waals surface area contributed by atoms with Crippen LogP contribution in [-0.4, -0.2) is 12.6 Å². The molecule has 2 rings (SSSR count). The Morgan fingerprint density at radius 3 is 2.48 bits per heavy atom. The van der Waals surface area contributed by atoms with E-state index in [4.69, 9.17) is 26.1 Å². The van der Waals surface area contributed by atoms with Gasteiger partial charge in [0.1, 0.15) is 29.2 Å². The summed E-state index contributed by atoms with van der Waals surface area (Å²) in [5.41, 5.74) is 1.08. The molecule has 1 heterocycles. The molecule has 0 aliphatic heterocycles. The molecule has 0 aliphatic carbocycles. The number of esters is 1. The van der Waals surface area contributed by atoms with E-state index in [2.05, 4.69) is 5.92 Å². The summed E-state index contributed by atoms with van der Waals surface area (Å²) in [7, 11) is 0. The molecule has 1 aromatic carbocycles. The van der Waals surface area contributed by atoms with Crippen LogP contribution in [0, 0.1) is 35.0 Å². The van der Waals surface area contributed by atoms with Gasteiger partial charge < -0.3 is 9.15 Å². The van der Waals surface area contributed by atoms with E-state index in [0.29, 0.717) is 17.1 Å². The topological polar surface area (TPSA) is 87.0 Å². The predicted octanol–water partition coefficient (Wildman–Crippen LogP) is 3.17. The number of ether oxygens (including phenoxy) is 1. The van der Waals surface area contributed by atoms with E-state index >= 15 is 0 Å². The molecular formula is C18H10N2O3. The standard InChI is InChI=1S/C18H10N2O3/c1-2-9-22-18(21)15-5-3-14(4-6-15)17-8-7-16(23-17)10-13(11-19)12-20/h1,3-8,10H,9H2. The molecule has 0 bridgehead atoms. The lowest BCUT2D eigenvalue weighted by atomic mass is 10.1. The number of rotatable bonds is 4. The van der Waals surface area contributed by atoms with Crippen LogP contribution in [0.15, 0.2) is 46.4 Å². The lowest BCUT2D eigenvalue weighted by Gasteiger charge is -2.02. The molecule has 0 atom stereocenters. The van der Waals surface area contributed by atoms with Crippen LogP contribution < -0.4 is 0 Å². The van der Waals surface area contributed by atoms with E-state index in [1.165, 1.54) is 6.08 Å². The molecule has 0 amide bonds. The van der Waals surface area contributed by atoms with E-state index in [1.54, 1.807) is 48.5 Å². The van der Waals surface area contributed by atoms with Crippen LogP contribution in [0.1, 0.15) is 16.1 Å². The second-order valence-corrected chi connectivity index (χ2v) is 4.34. The summed E-state index contributed by atoms with van der Waals surface area (Å²) in [4.78, 5) is 11.6. The maximum absolute atomic E-state index is 11.6. The van der Waals surface area contributed by atoms with Gasteiger partial charge in [-0.05, 0) is 24.3 Å². The summed E-state index contributed by atoms with van der Waals surface area (Å²) in [6, 6.07) is 13.5. The zero-order valence-electron chi connectivity index (χ0n) is 11.9. The second-order valence-electron chi connectivity index (χ2n) is 4.34. The fourth-order valence-electron chi connectivity index (χ4n) is 1.78. The zero-order chi connectivity index (χ0) is 16.7. The molecule has 0 N–H and O–H groups in total. The van der Waals surface area contributed by atoms with Crippen molar-refractivity contribution in [2.24, 2.45) is 0 Å². The van der Waals surface area contributed by atoms with Crippen molar-refractivity contribution in [1.29, 1.82) is 10.5 Å². The summed E-state index contributed by atoms with van der Waals surface area (Å²) in [6.45, 7) is -0.0748. The van der Waals surface area contributed by atoms with Gasteiger partial charge in [-0.15, -0.1) is 6.42 Å². The number of carbonyl (C=O) groups excluding carboxylic acids is 1. The Balaban J connectivity index is 2.18. The minimum absolute atomic E-state index is 0.0440. The number of nitrogens with zero attached hydrogens (tertiary/aromatic N) is 2. The van der Waals surface area contributed by atoms with Gasteiger partial charge in [-0.25, -0.2) is 4.79 Å². The van der Waals surface area contributed by atoms with Crippen molar-refractivity contribution >= 4 is 12.0 Å². The molecule has 1 aromatic heterocycles. The number of benzene rings is 1. The number of carbonyl (C=O) groups is 1. The number of nitriles is 2. The Morgan fingerprint density at radius 2 is 1.87 bits per heavy atom. The minimum Gasteiger partial charge on any atom is -0.457 e. The highest BCUT2D eigenvalue weighted by Gasteiger charge is 2.09. The maximum Gasteiger partial charge on any atom is 0.339 e. The fourth-order valence-corrected chi connectivity index (χ4v) is 1.78. The molecule has 5 nitrogen and oxygen atoms in total.